The molecular formula is C16H27IN2O. The van der Waals surface area contributed by atoms with E-state index in [2.05, 4.69) is 32.4 Å². The Hall–Kier alpha value is 0.160. The number of halogens is 1. The van der Waals surface area contributed by atoms with Crippen molar-refractivity contribution in [3.8, 4) is 0 Å². The van der Waals surface area contributed by atoms with Gasteiger partial charge in [-0.1, -0.05) is 29.0 Å². The third-order valence-corrected chi connectivity index (χ3v) is 5.85. The summed E-state index contributed by atoms with van der Waals surface area (Å²) in [5.74, 6) is 1.63. The van der Waals surface area contributed by atoms with Gasteiger partial charge in [-0.25, -0.2) is 0 Å². The number of alkyl halides is 1. The maximum Gasteiger partial charge on any atom is 0.227 e. The number of amides is 1. The van der Waals surface area contributed by atoms with E-state index in [0.29, 0.717) is 23.9 Å². The van der Waals surface area contributed by atoms with Crippen LogP contribution in [-0.2, 0) is 4.79 Å². The molecule has 0 unspecified atom stereocenters. The lowest BCUT2D eigenvalue weighted by Crippen LogP contribution is -2.65. The summed E-state index contributed by atoms with van der Waals surface area (Å²) in [5.41, 5.74) is 0. The average molecular weight is 390 g/mol. The van der Waals surface area contributed by atoms with Crippen molar-refractivity contribution in [1.29, 1.82) is 0 Å². The van der Waals surface area contributed by atoms with Gasteiger partial charge in [0.1, 0.15) is 0 Å². The lowest BCUT2D eigenvalue weighted by atomic mass is 9.70. The highest BCUT2D eigenvalue weighted by Gasteiger charge is 2.50. The van der Waals surface area contributed by atoms with Crippen LogP contribution in [0.25, 0.3) is 0 Å². The van der Waals surface area contributed by atoms with Gasteiger partial charge < -0.3 is 4.90 Å². The number of hydrogen-bond acceptors (Lipinski definition) is 2. The Labute approximate surface area is 136 Å². The molecule has 1 amide bonds. The second kappa shape index (κ2) is 6.51. The molecule has 4 aliphatic rings. The molecule has 4 saturated heterocycles. The Balaban J connectivity index is 0.000000581. The molecule has 4 aliphatic heterocycles. The normalized spacial score (nSPS) is 40.3. The number of carbonyl (C=O) groups excluding carboxylic acids is 1. The maximum atomic E-state index is 12.7. The van der Waals surface area contributed by atoms with Crippen LogP contribution in [0.5, 0.6) is 0 Å². The molecule has 0 saturated carbocycles. The Morgan fingerprint density at radius 2 is 1.70 bits per heavy atom. The standard InChI is InChI=1S/C15H24N2O.CH3I/c18-15-12-9-11(13-5-2-4-8-17(13)15)10-16-7-3-1-6-14(12)16;1-2/h11-14H,1-10H2;1H3/t11-,12+,13-,14+;/m0./s1. The third kappa shape index (κ3) is 2.51. The molecule has 0 radical (unpaired) electrons. The van der Waals surface area contributed by atoms with Crippen LogP contribution in [0.15, 0.2) is 0 Å². The quantitative estimate of drug-likeness (QED) is 0.469. The van der Waals surface area contributed by atoms with Gasteiger partial charge in [-0.05, 0) is 55.9 Å². The molecule has 0 aromatic heterocycles. The monoisotopic (exact) mass is 390 g/mol. The van der Waals surface area contributed by atoms with Crippen molar-refractivity contribution in [2.45, 2.75) is 57.0 Å². The predicted octanol–water partition coefficient (Wildman–Crippen LogP) is 2.92. The van der Waals surface area contributed by atoms with Gasteiger partial charge in [0, 0.05) is 25.2 Å². The fourth-order valence-electron chi connectivity index (χ4n) is 5.04. The lowest BCUT2D eigenvalue weighted by Gasteiger charge is -2.56. The average Bonchev–Trinajstić information content (AvgIpc) is 2.54. The van der Waals surface area contributed by atoms with Crippen LogP contribution in [0.4, 0.5) is 0 Å². The SMILES string of the molecule is CI.O=C1[C@@H]2C[C@@H](CN3CCCC[C@H]23)[C@@H]2CCCCN12. The zero-order valence-electron chi connectivity index (χ0n) is 12.6. The smallest absolute Gasteiger partial charge is 0.227 e. The van der Waals surface area contributed by atoms with Crippen LogP contribution >= 0.6 is 22.6 Å². The topological polar surface area (TPSA) is 23.6 Å². The largest absolute Gasteiger partial charge is 0.339 e. The molecule has 4 rings (SSSR count). The molecule has 0 N–H and O–H groups in total. The molecule has 114 valence electrons. The Kier molecular flexibility index (Phi) is 4.90. The summed E-state index contributed by atoms with van der Waals surface area (Å²) >= 11 is 2.15. The van der Waals surface area contributed by atoms with E-state index in [-0.39, 0.29) is 0 Å². The van der Waals surface area contributed by atoms with Gasteiger partial charge in [0.2, 0.25) is 5.91 Å². The van der Waals surface area contributed by atoms with Crippen LogP contribution in [0.2, 0.25) is 0 Å². The van der Waals surface area contributed by atoms with Gasteiger partial charge in [0.25, 0.3) is 0 Å². The highest BCUT2D eigenvalue weighted by Crippen LogP contribution is 2.43. The number of hydrogen-bond donors (Lipinski definition) is 0. The molecule has 0 aromatic rings. The minimum absolute atomic E-state index is 0.346. The summed E-state index contributed by atoms with van der Waals surface area (Å²) in [4.78, 5) is 19.6. The van der Waals surface area contributed by atoms with Gasteiger partial charge in [0.05, 0.1) is 5.92 Å². The van der Waals surface area contributed by atoms with E-state index in [1.54, 1.807) is 0 Å². The number of carbonyl (C=O) groups is 1. The molecule has 2 bridgehead atoms. The van der Waals surface area contributed by atoms with Crippen molar-refractivity contribution in [2.75, 3.05) is 24.6 Å². The first-order valence-corrected chi connectivity index (χ1v) is 10.4. The zero-order chi connectivity index (χ0) is 14.1. The van der Waals surface area contributed by atoms with E-state index in [0.717, 1.165) is 12.5 Å². The third-order valence-electron chi connectivity index (χ3n) is 5.85. The van der Waals surface area contributed by atoms with Crippen LogP contribution in [-0.4, -0.2) is 52.4 Å². The predicted molar refractivity (Wildman–Crippen MR) is 90.1 cm³/mol. The summed E-state index contributed by atoms with van der Waals surface area (Å²) in [7, 11) is 0. The van der Waals surface area contributed by atoms with Crippen molar-refractivity contribution in [2.24, 2.45) is 11.8 Å². The number of nitrogens with zero attached hydrogens (tertiary/aromatic N) is 2. The first-order chi connectivity index (χ1) is 9.84. The molecule has 4 heterocycles. The second-order valence-electron chi connectivity index (χ2n) is 6.76. The number of fused-ring (bicyclic) bond motifs is 6. The van der Waals surface area contributed by atoms with E-state index >= 15 is 0 Å². The first-order valence-electron chi connectivity index (χ1n) is 8.27. The van der Waals surface area contributed by atoms with Crippen molar-refractivity contribution in [1.82, 2.24) is 9.80 Å². The van der Waals surface area contributed by atoms with Crippen molar-refractivity contribution >= 4 is 28.5 Å². The minimum Gasteiger partial charge on any atom is -0.339 e. The van der Waals surface area contributed by atoms with E-state index in [4.69, 9.17) is 0 Å². The number of piperidine rings is 4. The highest BCUT2D eigenvalue weighted by molar-refractivity contribution is 14.1. The fraction of sp³-hybridized carbons (Fsp3) is 0.938. The van der Waals surface area contributed by atoms with Crippen LogP contribution in [0.1, 0.15) is 44.9 Å². The molecule has 20 heavy (non-hydrogen) atoms. The molecule has 3 nitrogen and oxygen atoms in total. The van der Waals surface area contributed by atoms with E-state index in [1.165, 1.54) is 58.0 Å². The Morgan fingerprint density at radius 1 is 1.00 bits per heavy atom. The van der Waals surface area contributed by atoms with Crippen LogP contribution < -0.4 is 0 Å². The van der Waals surface area contributed by atoms with Gasteiger partial charge >= 0.3 is 0 Å². The molecule has 4 atom stereocenters. The maximum absolute atomic E-state index is 12.7. The number of rotatable bonds is 0. The van der Waals surface area contributed by atoms with Gasteiger partial charge in [-0.15, -0.1) is 0 Å². The van der Waals surface area contributed by atoms with Crippen molar-refractivity contribution in [3.05, 3.63) is 0 Å². The minimum atomic E-state index is 0.346. The summed E-state index contributed by atoms with van der Waals surface area (Å²) in [6, 6.07) is 1.18. The van der Waals surface area contributed by atoms with Gasteiger partial charge in [-0.2, -0.15) is 0 Å². The second-order valence-corrected chi connectivity index (χ2v) is 6.76. The van der Waals surface area contributed by atoms with Crippen molar-refractivity contribution in [3.63, 3.8) is 0 Å². The molecule has 4 fully saturated rings. The molecule has 0 aromatic carbocycles. The van der Waals surface area contributed by atoms with Crippen LogP contribution in [0, 0.1) is 11.8 Å². The Bertz CT molecular complexity index is 360. The summed E-state index contributed by atoms with van der Waals surface area (Å²) < 4.78 is 0. The van der Waals surface area contributed by atoms with E-state index in [1.807, 2.05) is 4.93 Å². The lowest BCUT2D eigenvalue weighted by molar-refractivity contribution is -0.158. The Morgan fingerprint density at radius 3 is 2.50 bits per heavy atom. The first kappa shape index (κ1) is 15.1. The van der Waals surface area contributed by atoms with E-state index < -0.39 is 0 Å². The fourth-order valence-corrected chi connectivity index (χ4v) is 5.04. The van der Waals surface area contributed by atoms with Crippen molar-refractivity contribution < 1.29 is 4.79 Å². The highest BCUT2D eigenvalue weighted by atomic mass is 127. The molecule has 0 aliphatic carbocycles. The summed E-state index contributed by atoms with van der Waals surface area (Å²) in [5, 5.41) is 0. The molecule has 4 heteroatoms. The molecule has 0 spiro atoms. The molecular weight excluding hydrogens is 363 g/mol. The van der Waals surface area contributed by atoms with Crippen LogP contribution in [0.3, 0.4) is 0 Å². The van der Waals surface area contributed by atoms with Gasteiger partial charge in [-0.3, -0.25) is 9.69 Å². The van der Waals surface area contributed by atoms with E-state index in [9.17, 15) is 4.79 Å². The zero-order valence-corrected chi connectivity index (χ0v) is 14.7. The summed E-state index contributed by atoms with van der Waals surface area (Å²) in [6.07, 6.45) is 8.97. The van der Waals surface area contributed by atoms with Gasteiger partial charge in [0.15, 0.2) is 0 Å². The summed E-state index contributed by atoms with van der Waals surface area (Å²) in [6.45, 7) is 3.57.